The zero-order valence-electron chi connectivity index (χ0n) is 20.2. The molecule has 35 heavy (non-hydrogen) atoms. The Morgan fingerprint density at radius 3 is 2.63 bits per heavy atom. The molecule has 192 valence electrons. The Bertz CT molecular complexity index is 1010. The third-order valence-corrected chi connectivity index (χ3v) is 9.07. The highest BCUT2D eigenvalue weighted by atomic mass is 19.4. The van der Waals surface area contributed by atoms with Crippen molar-refractivity contribution in [3.8, 4) is 5.75 Å². The summed E-state index contributed by atoms with van der Waals surface area (Å²) in [6, 6.07) is 3.81. The van der Waals surface area contributed by atoms with Crippen LogP contribution in [0.2, 0.25) is 0 Å². The number of amides is 1. The Kier molecular flexibility index (Phi) is 6.05. The van der Waals surface area contributed by atoms with E-state index < -0.39 is 29.4 Å². The Morgan fingerprint density at radius 2 is 1.97 bits per heavy atom. The van der Waals surface area contributed by atoms with Crippen LogP contribution in [0.4, 0.5) is 13.2 Å². The van der Waals surface area contributed by atoms with Crippen LogP contribution in [0, 0.1) is 23.2 Å². The number of alkyl halides is 3. The molecule has 3 heterocycles. The van der Waals surface area contributed by atoms with Gasteiger partial charge in [-0.3, -0.25) is 9.59 Å². The molecule has 6 nitrogen and oxygen atoms in total. The molecular formula is C26H33F3N2O4. The number of piperidine rings is 1. The number of likely N-dealkylation sites (tertiary alicyclic amines) is 1. The van der Waals surface area contributed by atoms with Gasteiger partial charge in [-0.05, 0) is 75.7 Å². The topological polar surface area (TPSA) is 70.1 Å². The second-order valence-corrected chi connectivity index (χ2v) is 11.1. The molecule has 5 atom stereocenters. The summed E-state index contributed by atoms with van der Waals surface area (Å²) in [7, 11) is 0. The smallest absolute Gasteiger partial charge is 0.416 e. The summed E-state index contributed by atoms with van der Waals surface area (Å²) in [6.07, 6.45) is 0.174. The molecule has 0 aromatic heterocycles. The minimum Gasteiger partial charge on any atom is -0.481 e. The largest absolute Gasteiger partial charge is 0.481 e. The minimum absolute atomic E-state index is 0.00531. The van der Waals surface area contributed by atoms with Gasteiger partial charge in [-0.15, -0.1) is 0 Å². The second-order valence-electron chi connectivity index (χ2n) is 11.1. The number of rotatable bonds is 4. The highest BCUT2D eigenvalue weighted by molar-refractivity contribution is 5.86. The molecule has 1 N–H and O–H groups in total. The van der Waals surface area contributed by atoms with E-state index in [0.717, 1.165) is 57.3 Å². The van der Waals surface area contributed by atoms with Crippen molar-refractivity contribution in [1.82, 2.24) is 9.80 Å². The van der Waals surface area contributed by atoms with Gasteiger partial charge in [-0.25, -0.2) is 0 Å². The number of ether oxygens (including phenoxy) is 1. The Labute approximate surface area is 203 Å². The van der Waals surface area contributed by atoms with Gasteiger partial charge in [0.1, 0.15) is 5.75 Å². The molecule has 1 spiro atoms. The molecule has 5 rings (SSSR count). The van der Waals surface area contributed by atoms with Gasteiger partial charge in [0, 0.05) is 17.5 Å². The zero-order valence-corrected chi connectivity index (χ0v) is 20.2. The maximum atomic E-state index is 13.7. The number of carbonyl (C=O) groups excluding carboxylic acids is 1. The lowest BCUT2D eigenvalue weighted by Gasteiger charge is -2.37. The first-order chi connectivity index (χ1) is 16.5. The number of halogens is 3. The molecule has 0 radical (unpaired) electrons. The summed E-state index contributed by atoms with van der Waals surface area (Å²) >= 11 is 0. The van der Waals surface area contributed by atoms with Crippen LogP contribution >= 0.6 is 0 Å². The number of nitrogens with zero attached hydrogens (tertiary/aromatic N) is 2. The van der Waals surface area contributed by atoms with Gasteiger partial charge >= 0.3 is 12.1 Å². The molecule has 3 fully saturated rings. The second kappa shape index (κ2) is 8.68. The van der Waals surface area contributed by atoms with Crippen molar-refractivity contribution >= 4 is 11.9 Å². The third kappa shape index (κ3) is 4.19. The van der Waals surface area contributed by atoms with E-state index in [1.54, 1.807) is 11.8 Å². The molecule has 1 amide bonds. The van der Waals surface area contributed by atoms with Crippen LogP contribution in [0.1, 0.15) is 63.5 Å². The van der Waals surface area contributed by atoms with Crippen LogP contribution in [0.25, 0.3) is 0 Å². The summed E-state index contributed by atoms with van der Waals surface area (Å²) in [6.45, 7) is 5.78. The summed E-state index contributed by atoms with van der Waals surface area (Å²) < 4.78 is 45.7. The fourth-order valence-electron chi connectivity index (χ4n) is 6.90. The van der Waals surface area contributed by atoms with Gasteiger partial charge in [0.2, 0.25) is 5.91 Å². The number of hydrogen-bond acceptors (Lipinski definition) is 4. The number of benzene rings is 1. The number of carbonyl (C=O) groups is 2. The molecule has 3 unspecified atom stereocenters. The zero-order chi connectivity index (χ0) is 25.1. The summed E-state index contributed by atoms with van der Waals surface area (Å²) in [5.74, 6) is -0.262. The van der Waals surface area contributed by atoms with Crippen molar-refractivity contribution in [1.29, 1.82) is 0 Å². The maximum absolute atomic E-state index is 13.7. The van der Waals surface area contributed by atoms with Crippen LogP contribution in [0.5, 0.6) is 5.75 Å². The molecule has 1 saturated carbocycles. The fourth-order valence-corrected chi connectivity index (χ4v) is 6.90. The molecule has 3 aliphatic heterocycles. The molecular weight excluding hydrogens is 461 g/mol. The van der Waals surface area contributed by atoms with E-state index in [4.69, 9.17) is 4.74 Å². The molecule has 1 aliphatic carbocycles. The summed E-state index contributed by atoms with van der Waals surface area (Å²) in [5, 5.41) is 9.19. The van der Waals surface area contributed by atoms with E-state index >= 15 is 0 Å². The van der Waals surface area contributed by atoms with E-state index in [9.17, 15) is 27.9 Å². The molecule has 1 aromatic rings. The van der Waals surface area contributed by atoms with Gasteiger partial charge in [0.05, 0.1) is 23.4 Å². The van der Waals surface area contributed by atoms with Gasteiger partial charge in [0.15, 0.2) is 6.23 Å². The van der Waals surface area contributed by atoms with Crippen LogP contribution in [0.3, 0.4) is 0 Å². The van der Waals surface area contributed by atoms with E-state index in [0.29, 0.717) is 29.7 Å². The van der Waals surface area contributed by atoms with Gasteiger partial charge < -0.3 is 19.6 Å². The SMILES string of the molecule is CC(CC1CCN([C@@H]2CC[C@@]3(C2)C(=O)N2Cc4cc(C(F)(F)F)ccc4OC2C3C)CC1)C(=O)O. The first-order valence-corrected chi connectivity index (χ1v) is 12.6. The average Bonchev–Trinajstić information content (AvgIpc) is 3.35. The summed E-state index contributed by atoms with van der Waals surface area (Å²) in [4.78, 5) is 29.0. The molecule has 9 heteroatoms. The van der Waals surface area contributed by atoms with Gasteiger partial charge in [-0.1, -0.05) is 13.8 Å². The number of hydrogen-bond donors (Lipinski definition) is 1. The van der Waals surface area contributed by atoms with Crippen LogP contribution < -0.4 is 4.74 Å². The lowest BCUT2D eigenvalue weighted by atomic mass is 9.76. The van der Waals surface area contributed by atoms with Crippen molar-refractivity contribution in [3.05, 3.63) is 29.3 Å². The van der Waals surface area contributed by atoms with Crippen molar-refractivity contribution in [3.63, 3.8) is 0 Å². The molecule has 1 aromatic carbocycles. The monoisotopic (exact) mass is 494 g/mol. The van der Waals surface area contributed by atoms with Crippen molar-refractivity contribution < 1.29 is 32.6 Å². The van der Waals surface area contributed by atoms with E-state index in [2.05, 4.69) is 4.90 Å². The van der Waals surface area contributed by atoms with Gasteiger partial charge in [-0.2, -0.15) is 13.2 Å². The normalized spacial score (nSPS) is 32.4. The number of carboxylic acids is 1. The predicted molar refractivity (Wildman–Crippen MR) is 121 cm³/mol. The number of aliphatic carboxylic acids is 1. The Morgan fingerprint density at radius 1 is 1.26 bits per heavy atom. The van der Waals surface area contributed by atoms with Crippen LogP contribution in [-0.2, 0) is 22.3 Å². The van der Waals surface area contributed by atoms with Crippen LogP contribution in [-0.4, -0.2) is 52.1 Å². The third-order valence-electron chi connectivity index (χ3n) is 9.07. The van der Waals surface area contributed by atoms with E-state index in [1.807, 2.05) is 6.92 Å². The Hall–Kier alpha value is -2.29. The van der Waals surface area contributed by atoms with E-state index in [-0.39, 0.29) is 24.3 Å². The maximum Gasteiger partial charge on any atom is 0.416 e. The highest BCUT2D eigenvalue weighted by Gasteiger charge is 2.62. The number of fused-ring (bicyclic) bond motifs is 2. The number of carboxylic acid groups (broad SMARTS) is 1. The standard InChI is InChI=1S/C26H33F3N2O4/c1-15(23(32)33)11-17-6-9-30(10-7-17)20-5-8-25(13-20)16(2)22-31(24(25)34)14-18-12-19(26(27,28)29)3-4-21(18)35-22/h3-4,12,15-17,20,22H,5-11,13-14H2,1-2H3,(H,32,33)/t15?,16?,20-,22?,25+/m1/s1. The lowest BCUT2D eigenvalue weighted by Crippen LogP contribution is -2.42. The van der Waals surface area contributed by atoms with Crippen molar-refractivity contribution in [2.45, 2.75) is 77.4 Å². The first-order valence-electron chi connectivity index (χ1n) is 12.6. The molecule has 4 aliphatic rings. The Balaban J connectivity index is 1.26. The molecule has 0 bridgehead atoms. The van der Waals surface area contributed by atoms with Crippen molar-refractivity contribution in [2.24, 2.45) is 23.2 Å². The quantitative estimate of drug-likeness (QED) is 0.654. The van der Waals surface area contributed by atoms with Crippen molar-refractivity contribution in [2.75, 3.05) is 13.1 Å². The average molecular weight is 495 g/mol. The lowest BCUT2D eigenvalue weighted by molar-refractivity contribution is -0.142. The minimum atomic E-state index is -4.44. The molecule has 2 saturated heterocycles. The van der Waals surface area contributed by atoms with E-state index in [1.165, 1.54) is 6.07 Å². The van der Waals surface area contributed by atoms with Gasteiger partial charge in [0.25, 0.3) is 0 Å². The highest BCUT2D eigenvalue weighted by Crippen LogP contribution is 2.55. The predicted octanol–water partition coefficient (Wildman–Crippen LogP) is 4.76. The fraction of sp³-hybridized carbons (Fsp3) is 0.692. The first kappa shape index (κ1) is 24.4. The van der Waals surface area contributed by atoms with Crippen LogP contribution in [0.15, 0.2) is 18.2 Å². The summed E-state index contributed by atoms with van der Waals surface area (Å²) in [5.41, 5.74) is -0.866.